The fourth-order valence-electron chi connectivity index (χ4n) is 1.80. The third kappa shape index (κ3) is 11.1. The smallest absolute Gasteiger partial charge is 0.267 e. The summed E-state index contributed by atoms with van der Waals surface area (Å²) in [5.74, 6) is 3.24. The zero-order valence-corrected chi connectivity index (χ0v) is 14.3. The van der Waals surface area contributed by atoms with Gasteiger partial charge in [-0.2, -0.15) is 4.36 Å². The molecular formula is C16H31NOS. The van der Waals surface area contributed by atoms with E-state index in [0.29, 0.717) is 11.8 Å². The Balaban J connectivity index is 4.67. The zero-order valence-electron chi connectivity index (χ0n) is 13.5. The van der Waals surface area contributed by atoms with Crippen LogP contribution in [-0.4, -0.2) is 17.4 Å². The predicted molar refractivity (Wildman–Crippen MR) is 87.5 cm³/mol. The van der Waals surface area contributed by atoms with E-state index in [1.165, 1.54) is 6.42 Å². The van der Waals surface area contributed by atoms with E-state index in [1.54, 1.807) is 6.08 Å². The topological polar surface area (TPSA) is 29.4 Å². The molecule has 0 saturated carbocycles. The standard InChI is InChI=1S/C16H31NOS/c1-7-8-9-15(6)10-16(18)17-19(11-13(2)3)12-14(4)5/h10,13-14H,7-9,11-12H2,1-6H3/b15-10+. The summed E-state index contributed by atoms with van der Waals surface area (Å²) in [6.07, 6.45) is 5.07. The van der Waals surface area contributed by atoms with Crippen molar-refractivity contribution in [2.45, 2.75) is 60.8 Å². The van der Waals surface area contributed by atoms with Crippen LogP contribution >= 0.6 is 0 Å². The molecule has 0 N–H and O–H groups in total. The van der Waals surface area contributed by atoms with Gasteiger partial charge >= 0.3 is 0 Å². The van der Waals surface area contributed by atoms with E-state index in [0.717, 1.165) is 29.9 Å². The third-order valence-corrected chi connectivity index (χ3v) is 5.11. The molecule has 0 atom stereocenters. The molecule has 0 aliphatic carbocycles. The Morgan fingerprint density at radius 3 is 2.11 bits per heavy atom. The molecule has 0 aliphatic rings. The average molecular weight is 285 g/mol. The van der Waals surface area contributed by atoms with Crippen LogP contribution in [0.2, 0.25) is 0 Å². The zero-order chi connectivity index (χ0) is 14.8. The van der Waals surface area contributed by atoms with Gasteiger partial charge in [-0.05, 0) is 31.6 Å². The minimum atomic E-state index is -0.106. The lowest BCUT2D eigenvalue weighted by atomic mass is 10.1. The largest absolute Gasteiger partial charge is 0.275 e. The second-order valence-electron chi connectivity index (χ2n) is 6.11. The van der Waals surface area contributed by atoms with Crippen LogP contribution in [0, 0.1) is 11.8 Å². The van der Waals surface area contributed by atoms with Crippen molar-refractivity contribution in [1.29, 1.82) is 0 Å². The molecule has 0 saturated heterocycles. The summed E-state index contributed by atoms with van der Waals surface area (Å²) < 4.78 is 4.42. The molecule has 0 aromatic heterocycles. The quantitative estimate of drug-likeness (QED) is 0.591. The van der Waals surface area contributed by atoms with Crippen molar-refractivity contribution in [3.8, 4) is 0 Å². The van der Waals surface area contributed by atoms with Gasteiger partial charge in [-0.25, -0.2) is 0 Å². The number of hydrogen-bond donors (Lipinski definition) is 0. The van der Waals surface area contributed by atoms with Crippen LogP contribution in [0.1, 0.15) is 60.8 Å². The molecule has 0 unspecified atom stereocenters. The Labute approximate surface area is 122 Å². The SMILES string of the molecule is CCCC/C(C)=C/C(=O)N=S(CC(C)C)CC(C)C. The first kappa shape index (κ1) is 18.6. The van der Waals surface area contributed by atoms with Crippen molar-refractivity contribution in [3.63, 3.8) is 0 Å². The number of amides is 1. The Kier molecular flexibility index (Phi) is 10.1. The fourth-order valence-corrected chi connectivity index (χ4v) is 3.94. The van der Waals surface area contributed by atoms with Gasteiger partial charge in [0, 0.05) is 17.6 Å². The molecule has 0 fully saturated rings. The molecule has 0 aromatic rings. The molecule has 1 amide bonds. The lowest BCUT2D eigenvalue weighted by molar-refractivity contribution is -0.113. The highest BCUT2D eigenvalue weighted by atomic mass is 32.2. The van der Waals surface area contributed by atoms with Gasteiger partial charge in [0.05, 0.1) is 0 Å². The molecule has 0 heterocycles. The van der Waals surface area contributed by atoms with Crippen LogP contribution in [-0.2, 0) is 15.5 Å². The Hall–Kier alpha value is -0.440. The van der Waals surface area contributed by atoms with Gasteiger partial charge in [0.15, 0.2) is 0 Å². The van der Waals surface area contributed by atoms with Gasteiger partial charge in [0.2, 0.25) is 0 Å². The van der Waals surface area contributed by atoms with Crippen molar-refractivity contribution in [1.82, 2.24) is 0 Å². The highest BCUT2D eigenvalue weighted by molar-refractivity contribution is 7.87. The molecule has 0 aliphatic heterocycles. The van der Waals surface area contributed by atoms with E-state index in [1.807, 2.05) is 6.92 Å². The molecule has 112 valence electrons. The van der Waals surface area contributed by atoms with Crippen molar-refractivity contribution in [2.24, 2.45) is 16.2 Å². The van der Waals surface area contributed by atoms with Crippen LogP contribution in [0.15, 0.2) is 16.0 Å². The van der Waals surface area contributed by atoms with Crippen LogP contribution in [0.3, 0.4) is 0 Å². The monoisotopic (exact) mass is 285 g/mol. The van der Waals surface area contributed by atoms with Crippen molar-refractivity contribution in [3.05, 3.63) is 11.6 Å². The maximum absolute atomic E-state index is 12.0. The van der Waals surface area contributed by atoms with Gasteiger partial charge < -0.3 is 0 Å². The third-order valence-electron chi connectivity index (χ3n) is 2.57. The van der Waals surface area contributed by atoms with Crippen LogP contribution in [0.5, 0.6) is 0 Å². The Morgan fingerprint density at radius 1 is 1.16 bits per heavy atom. The lowest BCUT2D eigenvalue weighted by Crippen LogP contribution is -2.13. The summed E-state index contributed by atoms with van der Waals surface area (Å²) in [6.45, 7) is 13.0. The fraction of sp³-hybridized carbons (Fsp3) is 0.812. The van der Waals surface area contributed by atoms with Crippen LogP contribution in [0.4, 0.5) is 0 Å². The maximum atomic E-state index is 12.0. The Morgan fingerprint density at radius 2 is 1.68 bits per heavy atom. The van der Waals surface area contributed by atoms with E-state index in [9.17, 15) is 4.79 Å². The summed E-state index contributed by atoms with van der Waals surface area (Å²) >= 11 is 0. The Bertz CT molecular complexity index is 318. The number of rotatable bonds is 8. The van der Waals surface area contributed by atoms with Gasteiger partial charge in [0.25, 0.3) is 5.91 Å². The first-order chi connectivity index (χ1) is 8.85. The molecule has 2 nitrogen and oxygen atoms in total. The van der Waals surface area contributed by atoms with Gasteiger partial charge in [-0.3, -0.25) is 4.79 Å². The van der Waals surface area contributed by atoms with Crippen LogP contribution in [0.25, 0.3) is 0 Å². The van der Waals surface area contributed by atoms with Crippen LogP contribution < -0.4 is 0 Å². The van der Waals surface area contributed by atoms with Crippen molar-refractivity contribution in [2.75, 3.05) is 11.5 Å². The van der Waals surface area contributed by atoms with Gasteiger partial charge in [0.1, 0.15) is 0 Å². The summed E-state index contributed by atoms with van der Waals surface area (Å²) in [5.41, 5.74) is 1.16. The molecule has 0 bridgehead atoms. The highest BCUT2D eigenvalue weighted by Crippen LogP contribution is 2.09. The molecular weight excluding hydrogens is 254 g/mol. The van der Waals surface area contributed by atoms with E-state index in [4.69, 9.17) is 0 Å². The second kappa shape index (κ2) is 10.4. The summed E-state index contributed by atoms with van der Waals surface area (Å²) in [4.78, 5) is 12.0. The number of hydrogen-bond acceptors (Lipinski definition) is 1. The number of carbonyl (C=O) groups excluding carboxylic acids is 1. The van der Waals surface area contributed by atoms with E-state index in [2.05, 4.69) is 39.0 Å². The molecule has 0 rings (SSSR count). The summed E-state index contributed by atoms with van der Waals surface area (Å²) in [5, 5.41) is 0. The minimum absolute atomic E-state index is 0.0294. The number of carbonyl (C=O) groups is 1. The molecule has 0 radical (unpaired) electrons. The summed E-state index contributed by atoms with van der Waals surface area (Å²) in [7, 11) is -0.106. The first-order valence-corrected chi connectivity index (χ1v) is 8.97. The number of unbranched alkanes of at least 4 members (excludes halogenated alkanes) is 1. The van der Waals surface area contributed by atoms with E-state index in [-0.39, 0.29) is 16.6 Å². The predicted octanol–water partition coefficient (Wildman–Crippen LogP) is 4.76. The highest BCUT2D eigenvalue weighted by Gasteiger charge is 2.06. The number of nitrogens with zero attached hydrogens (tertiary/aromatic N) is 1. The first-order valence-electron chi connectivity index (χ1n) is 7.45. The van der Waals surface area contributed by atoms with Gasteiger partial charge in [-0.15, -0.1) is 0 Å². The van der Waals surface area contributed by atoms with Crippen molar-refractivity contribution < 1.29 is 4.79 Å². The second-order valence-corrected chi connectivity index (χ2v) is 7.88. The lowest BCUT2D eigenvalue weighted by Gasteiger charge is -2.12. The van der Waals surface area contributed by atoms with Crippen molar-refractivity contribution >= 4 is 16.6 Å². The van der Waals surface area contributed by atoms with Gasteiger partial charge in [-0.1, -0.05) is 57.3 Å². The average Bonchev–Trinajstić information content (AvgIpc) is 2.23. The van der Waals surface area contributed by atoms with E-state index < -0.39 is 0 Å². The maximum Gasteiger partial charge on any atom is 0.275 e. The number of allylic oxidation sites excluding steroid dienone is 1. The molecule has 19 heavy (non-hydrogen) atoms. The normalized spacial score (nSPS) is 12.6. The molecule has 0 spiro atoms. The minimum Gasteiger partial charge on any atom is -0.267 e. The molecule has 0 aromatic carbocycles. The molecule has 3 heteroatoms. The van der Waals surface area contributed by atoms with E-state index >= 15 is 0 Å². The summed E-state index contributed by atoms with van der Waals surface area (Å²) in [6, 6.07) is 0.